The molecule has 236 valence electrons. The second-order valence-corrected chi connectivity index (χ2v) is 12.6. The number of halogens is 2. The van der Waals surface area contributed by atoms with Crippen LogP contribution in [0.5, 0.6) is 0 Å². The zero-order valence-electron chi connectivity index (χ0n) is 25.7. The van der Waals surface area contributed by atoms with Crippen LogP contribution in [0.2, 0.25) is 5.02 Å². The van der Waals surface area contributed by atoms with E-state index < -0.39 is 11.5 Å². The zero-order valence-corrected chi connectivity index (χ0v) is 26.4. The van der Waals surface area contributed by atoms with Crippen LogP contribution in [0.3, 0.4) is 0 Å². The predicted octanol–water partition coefficient (Wildman–Crippen LogP) is 5.85. The lowest BCUT2D eigenvalue weighted by Crippen LogP contribution is -2.43. The fourth-order valence-electron chi connectivity index (χ4n) is 6.18. The molecule has 1 saturated heterocycles. The van der Waals surface area contributed by atoms with Gasteiger partial charge in [-0.05, 0) is 93.8 Å². The first-order chi connectivity index (χ1) is 21.7. The average molecular weight is 631 g/mol. The second kappa shape index (κ2) is 13.7. The van der Waals surface area contributed by atoms with Crippen LogP contribution in [0.4, 0.5) is 4.39 Å². The number of aryl methyl sites for hydroxylation is 2. The highest BCUT2D eigenvalue weighted by molar-refractivity contribution is 6.31. The molecule has 6 rings (SSSR count). The van der Waals surface area contributed by atoms with Crippen LogP contribution in [-0.4, -0.2) is 43.1 Å². The molecule has 4 heterocycles. The van der Waals surface area contributed by atoms with E-state index in [2.05, 4.69) is 42.7 Å². The van der Waals surface area contributed by atoms with Gasteiger partial charge in [0.05, 0.1) is 28.4 Å². The zero-order chi connectivity index (χ0) is 31.5. The van der Waals surface area contributed by atoms with Crippen molar-refractivity contribution in [2.75, 3.05) is 6.54 Å². The van der Waals surface area contributed by atoms with Crippen molar-refractivity contribution in [3.63, 3.8) is 0 Å². The van der Waals surface area contributed by atoms with E-state index in [1.807, 2.05) is 26.0 Å². The van der Waals surface area contributed by atoms with Gasteiger partial charge >= 0.3 is 5.69 Å². The number of hydrogen-bond donors (Lipinski definition) is 5. The largest absolute Gasteiger partial charge is 0.354 e. The van der Waals surface area contributed by atoms with Gasteiger partial charge in [-0.3, -0.25) is 4.57 Å². The molecule has 0 aliphatic carbocycles. The number of nitrogens with two attached hydrogens (primary N) is 1. The van der Waals surface area contributed by atoms with Gasteiger partial charge in [0.1, 0.15) is 5.65 Å². The molecule has 45 heavy (non-hydrogen) atoms. The summed E-state index contributed by atoms with van der Waals surface area (Å²) in [5.41, 5.74) is 11.7. The smallest absolute Gasteiger partial charge is 0.348 e. The molecule has 1 aliphatic rings. The summed E-state index contributed by atoms with van der Waals surface area (Å²) in [4.78, 5) is 27.9. The highest BCUT2D eigenvalue weighted by atomic mass is 35.5. The minimum atomic E-state index is -0.507. The van der Waals surface area contributed by atoms with Crippen LogP contribution in [0.1, 0.15) is 67.6 Å². The Bertz CT molecular complexity index is 1830. The molecule has 11 heteroatoms. The number of H-pyrrole nitrogens is 2. The van der Waals surface area contributed by atoms with Crippen molar-refractivity contribution in [2.24, 2.45) is 5.73 Å². The first kappa shape index (κ1) is 31.2. The van der Waals surface area contributed by atoms with E-state index in [-0.39, 0.29) is 17.1 Å². The second-order valence-electron chi connectivity index (χ2n) is 12.2. The summed E-state index contributed by atoms with van der Waals surface area (Å²) in [6, 6.07) is 14.0. The quantitative estimate of drug-likeness (QED) is 0.125. The van der Waals surface area contributed by atoms with Crippen molar-refractivity contribution < 1.29 is 4.39 Å². The lowest BCUT2D eigenvalue weighted by Gasteiger charge is -2.31. The lowest BCUT2D eigenvalue weighted by atomic mass is 9.93. The third-order valence-electron chi connectivity index (χ3n) is 8.68. The van der Waals surface area contributed by atoms with Crippen molar-refractivity contribution in [2.45, 2.75) is 77.0 Å². The summed E-state index contributed by atoms with van der Waals surface area (Å²) in [6.45, 7) is 5.62. The number of aromatic amines is 2. The van der Waals surface area contributed by atoms with E-state index >= 15 is 4.39 Å². The maximum absolute atomic E-state index is 15.1. The van der Waals surface area contributed by atoms with E-state index in [1.54, 1.807) is 30.7 Å². The molecule has 0 bridgehead atoms. The monoisotopic (exact) mass is 630 g/mol. The molecule has 0 saturated carbocycles. The molecule has 0 radical (unpaired) electrons. The van der Waals surface area contributed by atoms with Gasteiger partial charge in [-0.25, -0.2) is 14.2 Å². The fraction of sp³-hybridized carbons (Fsp3) is 0.382. The molecule has 1 fully saturated rings. The van der Waals surface area contributed by atoms with Crippen molar-refractivity contribution in [3.05, 3.63) is 98.8 Å². The molecule has 0 amide bonds. The molecule has 0 unspecified atom stereocenters. The van der Waals surface area contributed by atoms with E-state index in [4.69, 9.17) is 17.3 Å². The van der Waals surface area contributed by atoms with Gasteiger partial charge in [0.2, 0.25) is 0 Å². The maximum atomic E-state index is 15.1. The molecule has 5 aromatic rings. The number of aromatic nitrogens is 5. The maximum Gasteiger partial charge on any atom is 0.354 e. The number of nitrogens with zero attached hydrogens (tertiary/aromatic N) is 3. The van der Waals surface area contributed by atoms with Crippen molar-refractivity contribution in [3.8, 4) is 16.9 Å². The highest BCUT2D eigenvalue weighted by Gasteiger charge is 2.22. The van der Waals surface area contributed by atoms with Crippen LogP contribution in [0, 0.1) is 12.7 Å². The van der Waals surface area contributed by atoms with Crippen molar-refractivity contribution in [1.29, 1.82) is 0 Å². The summed E-state index contributed by atoms with van der Waals surface area (Å²) < 4.78 is 16.7. The molecular formula is C34H40ClFN8O. The number of piperidine rings is 1. The summed E-state index contributed by atoms with van der Waals surface area (Å²) in [7, 11) is 0. The Kier molecular flexibility index (Phi) is 9.46. The van der Waals surface area contributed by atoms with Crippen LogP contribution in [-0.2, 0) is 13.0 Å². The minimum Gasteiger partial charge on any atom is -0.348 e. The summed E-state index contributed by atoms with van der Waals surface area (Å²) in [5, 5.41) is 8.07. The van der Waals surface area contributed by atoms with Gasteiger partial charge in [-0.1, -0.05) is 23.7 Å². The van der Waals surface area contributed by atoms with Gasteiger partial charge in [0.25, 0.3) is 0 Å². The summed E-state index contributed by atoms with van der Waals surface area (Å²) in [6.07, 6.45) is 9.29. The van der Waals surface area contributed by atoms with Crippen molar-refractivity contribution >= 4 is 22.6 Å². The van der Waals surface area contributed by atoms with Gasteiger partial charge in [0.15, 0.2) is 5.82 Å². The number of rotatable bonds is 11. The summed E-state index contributed by atoms with van der Waals surface area (Å²) >= 11 is 6.27. The summed E-state index contributed by atoms with van der Waals surface area (Å²) in [5.74, 6) is -0.507. The van der Waals surface area contributed by atoms with Gasteiger partial charge in [-0.2, -0.15) is 4.98 Å². The van der Waals surface area contributed by atoms with Gasteiger partial charge in [-0.15, -0.1) is 0 Å². The topological polar surface area (TPSA) is 129 Å². The van der Waals surface area contributed by atoms with Crippen molar-refractivity contribution in [1.82, 2.24) is 35.1 Å². The fourth-order valence-corrected chi connectivity index (χ4v) is 6.42. The number of benzene rings is 2. The van der Waals surface area contributed by atoms with Crippen LogP contribution in [0.15, 0.2) is 59.8 Å². The van der Waals surface area contributed by atoms with Gasteiger partial charge < -0.3 is 26.3 Å². The molecule has 3 aromatic heterocycles. The molecule has 6 N–H and O–H groups in total. The first-order valence-electron chi connectivity index (χ1n) is 15.7. The van der Waals surface area contributed by atoms with Crippen LogP contribution in [0.25, 0.3) is 28.0 Å². The standard InChI is InChI=1S/C34H40ClFN8O/c1-20(37)5-3-6-22-13-27(32(36)28(35)14-22)30-15-24-18-44(34(45)43-33(24)42-30)26-11-9-23(10-12-26)29-8-4-7-25(41-29)16-38-17-31-21(2)39-19-40-31/h9-15,18-20,25,29,38,41H,3-8,16-17,37H2,1-2H3,(H,39,40)(H,42,43,45)/t20-,25-,29-/m0/s1. The molecule has 3 atom stereocenters. The minimum absolute atomic E-state index is 0.0636. The van der Waals surface area contributed by atoms with E-state index in [0.717, 1.165) is 74.3 Å². The van der Waals surface area contributed by atoms with Crippen LogP contribution < -0.4 is 22.1 Å². The average Bonchev–Trinajstić information content (AvgIpc) is 3.63. The molecular weight excluding hydrogens is 591 g/mol. The molecule has 0 spiro atoms. The van der Waals surface area contributed by atoms with E-state index in [1.165, 1.54) is 10.1 Å². The Morgan fingerprint density at radius 1 is 1.20 bits per heavy atom. The van der Waals surface area contributed by atoms with E-state index in [0.29, 0.717) is 28.3 Å². The lowest BCUT2D eigenvalue weighted by molar-refractivity contribution is 0.314. The van der Waals surface area contributed by atoms with E-state index in [9.17, 15) is 4.79 Å². The molecule has 1 aliphatic heterocycles. The molecule has 2 aromatic carbocycles. The number of imidazole rings is 1. The third kappa shape index (κ3) is 7.20. The predicted molar refractivity (Wildman–Crippen MR) is 177 cm³/mol. The Morgan fingerprint density at radius 3 is 2.78 bits per heavy atom. The van der Waals surface area contributed by atoms with Crippen LogP contribution >= 0.6 is 11.6 Å². The Labute approximate surface area is 266 Å². The number of fused-ring (bicyclic) bond motifs is 1. The number of nitrogens with one attached hydrogen (secondary N) is 4. The Hall–Kier alpha value is -3.83. The Balaban J connectivity index is 1.16. The SMILES string of the molecule is Cc1[nH]cnc1CNC[C@@H]1CCC[C@@H](c2ccc(-n3cc4cc(-c5cc(CCC[C@H](C)N)cc(Cl)c5F)[nH]c4nc3=O)cc2)N1. The Morgan fingerprint density at radius 2 is 2.02 bits per heavy atom. The first-order valence-corrected chi connectivity index (χ1v) is 16.0. The molecule has 9 nitrogen and oxygen atoms in total. The highest BCUT2D eigenvalue weighted by Crippen LogP contribution is 2.32. The third-order valence-corrected chi connectivity index (χ3v) is 8.96. The van der Waals surface area contributed by atoms with Gasteiger partial charge in [0, 0.05) is 54.1 Å². The number of hydrogen-bond acceptors (Lipinski definition) is 6. The normalized spacial score (nSPS) is 17.6.